The van der Waals surface area contributed by atoms with Gasteiger partial charge >= 0.3 is 0 Å². The van der Waals surface area contributed by atoms with Crippen LogP contribution in [0.5, 0.6) is 0 Å². The Morgan fingerprint density at radius 2 is 0.861 bits per heavy atom. The zero-order chi connectivity index (χ0) is 23.9. The molecule has 0 radical (unpaired) electrons. The van der Waals surface area contributed by atoms with Crippen molar-refractivity contribution in [2.24, 2.45) is 29.6 Å². The third-order valence-corrected chi connectivity index (χ3v) is 7.67. The van der Waals surface area contributed by atoms with Crippen LogP contribution in [0.25, 0.3) is 0 Å². The van der Waals surface area contributed by atoms with Crippen LogP contribution in [0.3, 0.4) is 0 Å². The summed E-state index contributed by atoms with van der Waals surface area (Å²) in [6, 6.07) is 0. The summed E-state index contributed by atoms with van der Waals surface area (Å²) in [6.45, 7) is 20.0. The van der Waals surface area contributed by atoms with E-state index in [4.69, 9.17) is 9.47 Å². The van der Waals surface area contributed by atoms with Gasteiger partial charge in [0, 0.05) is 13.2 Å². The molecule has 2 nitrogen and oxygen atoms in total. The van der Waals surface area contributed by atoms with E-state index in [1.165, 1.54) is 70.6 Å². The van der Waals surface area contributed by atoms with E-state index in [1.807, 2.05) is 0 Å². The van der Waals surface area contributed by atoms with Crippen molar-refractivity contribution in [3.8, 4) is 0 Å². The molecule has 2 aliphatic heterocycles. The lowest BCUT2D eigenvalue weighted by Crippen LogP contribution is -2.21. The molecule has 0 aromatic rings. The molecular formula is C34H74O2. The van der Waals surface area contributed by atoms with Crippen molar-refractivity contribution in [3.05, 3.63) is 11.6 Å². The molecule has 0 amide bonds. The Morgan fingerprint density at radius 1 is 0.500 bits per heavy atom. The third-order valence-electron chi connectivity index (χ3n) is 7.67. The molecule has 0 aromatic carbocycles. The van der Waals surface area contributed by atoms with E-state index < -0.39 is 0 Å². The van der Waals surface area contributed by atoms with Gasteiger partial charge in [-0.3, -0.25) is 0 Å². The highest BCUT2D eigenvalue weighted by atomic mass is 16.5. The van der Waals surface area contributed by atoms with Gasteiger partial charge in [-0.15, -0.1) is 0 Å². The van der Waals surface area contributed by atoms with Crippen molar-refractivity contribution in [2.45, 2.75) is 168 Å². The van der Waals surface area contributed by atoms with E-state index in [1.54, 1.807) is 5.57 Å². The lowest BCUT2D eigenvalue weighted by atomic mass is 9.84. The van der Waals surface area contributed by atoms with E-state index in [0.29, 0.717) is 12.2 Å². The molecule has 4 rings (SSSR count). The van der Waals surface area contributed by atoms with Gasteiger partial charge in [0.05, 0.1) is 12.2 Å². The van der Waals surface area contributed by atoms with Crippen LogP contribution in [-0.4, -0.2) is 25.4 Å². The van der Waals surface area contributed by atoms with Gasteiger partial charge in [-0.25, -0.2) is 0 Å². The number of hydrogen-bond acceptors (Lipinski definition) is 2. The average Bonchev–Trinajstić information content (AvgIpc) is 2.78. The van der Waals surface area contributed by atoms with Gasteiger partial charge in [-0.05, 0) is 95.3 Å². The van der Waals surface area contributed by atoms with E-state index in [-0.39, 0.29) is 29.7 Å². The molecule has 2 saturated heterocycles. The molecule has 2 aliphatic carbocycles. The summed E-state index contributed by atoms with van der Waals surface area (Å²) < 4.78 is 10.8. The molecule has 2 heteroatoms. The van der Waals surface area contributed by atoms with Crippen LogP contribution in [0.2, 0.25) is 0 Å². The molecule has 36 heavy (non-hydrogen) atoms. The Labute approximate surface area is 231 Å². The third kappa shape index (κ3) is 22.8. The van der Waals surface area contributed by atoms with Crippen LogP contribution >= 0.6 is 0 Å². The van der Waals surface area contributed by atoms with Crippen molar-refractivity contribution in [1.82, 2.24) is 0 Å². The minimum Gasteiger partial charge on any atom is -0.378 e. The molecule has 0 aromatic heterocycles. The van der Waals surface area contributed by atoms with Crippen molar-refractivity contribution < 1.29 is 9.47 Å². The monoisotopic (exact) mass is 515 g/mol. The first-order valence-electron chi connectivity index (χ1n) is 14.0. The molecule has 0 bridgehead atoms. The van der Waals surface area contributed by atoms with Gasteiger partial charge in [-0.2, -0.15) is 0 Å². The molecule has 222 valence electrons. The zero-order valence-corrected chi connectivity index (χ0v) is 23.1. The molecule has 3 fully saturated rings. The first-order valence-corrected chi connectivity index (χ1v) is 14.0. The molecule has 1 saturated carbocycles. The largest absolute Gasteiger partial charge is 0.378 e. The van der Waals surface area contributed by atoms with E-state index in [0.717, 1.165) is 42.8 Å². The van der Waals surface area contributed by atoms with Crippen molar-refractivity contribution in [1.29, 1.82) is 0 Å². The first-order chi connectivity index (χ1) is 15.2. The first kappa shape index (κ1) is 42.7. The topological polar surface area (TPSA) is 18.5 Å². The second-order valence-corrected chi connectivity index (χ2v) is 11.9. The van der Waals surface area contributed by atoms with Crippen molar-refractivity contribution >= 4 is 0 Å². The minimum absolute atomic E-state index is 0. The number of hydrogen-bond donors (Lipinski definition) is 0. The van der Waals surface area contributed by atoms with E-state index >= 15 is 0 Å². The normalized spacial score (nSPS) is 33.1. The van der Waals surface area contributed by atoms with Crippen LogP contribution in [-0.2, 0) is 9.47 Å². The zero-order valence-electron chi connectivity index (χ0n) is 23.1. The summed E-state index contributed by atoms with van der Waals surface area (Å²) in [6.07, 6.45) is 18.6. The number of ether oxygens (including phenoxy) is 2. The minimum atomic E-state index is 0. The van der Waals surface area contributed by atoms with Gasteiger partial charge < -0.3 is 9.47 Å². The Bertz CT molecular complexity index is 384. The maximum absolute atomic E-state index is 5.39. The summed E-state index contributed by atoms with van der Waals surface area (Å²) in [4.78, 5) is 0. The maximum Gasteiger partial charge on any atom is 0.0547 e. The maximum atomic E-state index is 5.39. The predicted molar refractivity (Wildman–Crippen MR) is 168 cm³/mol. The SMILES string of the molecule is C.C.C.C.CC1=CCC(C)CC1.CC1CCC(C)CC1.CC1CCC(C)OC1.CC1CCC(C)OC1. The van der Waals surface area contributed by atoms with Gasteiger partial charge in [-0.1, -0.05) is 102 Å². The van der Waals surface area contributed by atoms with Gasteiger partial charge in [0.25, 0.3) is 0 Å². The lowest BCUT2D eigenvalue weighted by Gasteiger charge is -2.23. The molecule has 4 aliphatic rings. The van der Waals surface area contributed by atoms with Gasteiger partial charge in [0.1, 0.15) is 0 Å². The molecule has 0 spiro atoms. The lowest BCUT2D eigenvalue weighted by molar-refractivity contribution is 0.000174. The molecule has 0 N–H and O–H groups in total. The molecular weight excluding hydrogens is 440 g/mol. The Kier molecular flexibility index (Phi) is 29.6. The predicted octanol–water partition coefficient (Wildman–Crippen LogP) is 11.8. The summed E-state index contributed by atoms with van der Waals surface area (Å²) in [5.41, 5.74) is 1.59. The quantitative estimate of drug-likeness (QED) is 0.299. The van der Waals surface area contributed by atoms with Crippen molar-refractivity contribution in [3.63, 3.8) is 0 Å². The second kappa shape index (κ2) is 25.0. The van der Waals surface area contributed by atoms with Crippen LogP contribution in [0.15, 0.2) is 11.6 Å². The van der Waals surface area contributed by atoms with Crippen LogP contribution in [0.4, 0.5) is 0 Å². The van der Waals surface area contributed by atoms with E-state index in [2.05, 4.69) is 61.5 Å². The average molecular weight is 515 g/mol. The molecule has 5 unspecified atom stereocenters. The molecule has 5 atom stereocenters. The fraction of sp³-hybridized carbons (Fsp3) is 0.941. The smallest absolute Gasteiger partial charge is 0.0547 e. The number of rotatable bonds is 0. The summed E-state index contributed by atoms with van der Waals surface area (Å²) >= 11 is 0. The fourth-order valence-corrected chi connectivity index (χ4v) is 4.55. The molecule has 2 heterocycles. The van der Waals surface area contributed by atoms with Crippen LogP contribution in [0, 0.1) is 29.6 Å². The highest BCUT2D eigenvalue weighted by molar-refractivity contribution is 5.02. The van der Waals surface area contributed by atoms with Crippen molar-refractivity contribution in [2.75, 3.05) is 13.2 Å². The Hall–Kier alpha value is -0.340. The highest BCUT2D eigenvalue weighted by Crippen LogP contribution is 2.27. The Balaban J connectivity index is -0.000000183. The summed E-state index contributed by atoms with van der Waals surface area (Å²) in [7, 11) is 0. The van der Waals surface area contributed by atoms with Gasteiger partial charge in [0.2, 0.25) is 0 Å². The second-order valence-electron chi connectivity index (χ2n) is 11.9. The van der Waals surface area contributed by atoms with E-state index in [9.17, 15) is 0 Å². The Morgan fingerprint density at radius 3 is 1.08 bits per heavy atom. The van der Waals surface area contributed by atoms with Crippen LogP contribution < -0.4 is 0 Å². The summed E-state index contributed by atoms with van der Waals surface area (Å²) in [5.74, 6) is 4.58. The van der Waals surface area contributed by atoms with Crippen LogP contribution in [0.1, 0.15) is 156 Å². The van der Waals surface area contributed by atoms with Gasteiger partial charge in [0.15, 0.2) is 0 Å². The summed E-state index contributed by atoms with van der Waals surface area (Å²) in [5, 5.41) is 0. The number of allylic oxidation sites excluding steroid dienone is 2. The highest BCUT2D eigenvalue weighted by Gasteiger charge is 2.14. The fourth-order valence-electron chi connectivity index (χ4n) is 4.55. The standard InChI is InChI=1S/C8H16.C8H14.2C7H14O.4CH4/c2*1-7-3-5-8(2)6-4-7;2*1-6-3-4-7(2)8-5-6;;;;/h7-8H,3-6H2,1-2H3;3,8H,4-6H2,1-2H3;2*6-7H,3-5H2,1-2H3;4*1H4.